The van der Waals surface area contributed by atoms with E-state index in [2.05, 4.69) is 26.0 Å². The van der Waals surface area contributed by atoms with Crippen molar-refractivity contribution in [2.45, 2.75) is 103 Å². The summed E-state index contributed by atoms with van der Waals surface area (Å²) in [5.41, 5.74) is -0.467. The van der Waals surface area contributed by atoms with Crippen molar-refractivity contribution in [1.29, 1.82) is 0 Å². The minimum absolute atomic E-state index is 0.0656. The molecule has 1 aliphatic carbocycles. The van der Waals surface area contributed by atoms with Crippen molar-refractivity contribution in [3.8, 4) is 0 Å². The number of hydrogen-bond acceptors (Lipinski definition) is 4. The van der Waals surface area contributed by atoms with Gasteiger partial charge in [0.2, 0.25) is 0 Å². The van der Waals surface area contributed by atoms with Gasteiger partial charge in [-0.15, -0.1) is 0 Å². The van der Waals surface area contributed by atoms with Crippen LogP contribution in [0.15, 0.2) is 12.2 Å². The molecule has 7 atom stereocenters. The average Bonchev–Trinajstić information content (AvgIpc) is 2.95. The lowest BCUT2D eigenvalue weighted by Crippen LogP contribution is -2.50. The van der Waals surface area contributed by atoms with Crippen LogP contribution in [0.5, 0.6) is 0 Å². The van der Waals surface area contributed by atoms with Gasteiger partial charge in [-0.25, -0.2) is 4.79 Å². The zero-order valence-corrected chi connectivity index (χ0v) is 18.5. The third-order valence-electron chi connectivity index (χ3n) is 6.68. The summed E-state index contributed by atoms with van der Waals surface area (Å²) in [5.74, 6) is 1.48. The number of methoxy groups -OCH3 is 1. The van der Waals surface area contributed by atoms with Crippen molar-refractivity contribution < 1.29 is 19.0 Å². The monoisotopic (exact) mass is 393 g/mol. The summed E-state index contributed by atoms with van der Waals surface area (Å²) in [7, 11) is 1.75. The van der Waals surface area contributed by atoms with Gasteiger partial charge in [0.1, 0.15) is 5.60 Å². The summed E-state index contributed by atoms with van der Waals surface area (Å²) in [4.78, 5) is 14.8. The van der Waals surface area contributed by atoms with E-state index in [-0.39, 0.29) is 30.6 Å². The van der Waals surface area contributed by atoms with Gasteiger partial charge in [-0.05, 0) is 78.6 Å². The van der Waals surface area contributed by atoms with Crippen molar-refractivity contribution in [3.63, 3.8) is 0 Å². The Balaban J connectivity index is 1.72. The van der Waals surface area contributed by atoms with Gasteiger partial charge in [0.25, 0.3) is 0 Å². The van der Waals surface area contributed by atoms with E-state index in [9.17, 15) is 4.79 Å². The molecule has 1 amide bonds. The summed E-state index contributed by atoms with van der Waals surface area (Å²) in [6, 6.07) is 0.332. The van der Waals surface area contributed by atoms with Crippen LogP contribution >= 0.6 is 0 Å². The van der Waals surface area contributed by atoms with E-state index in [4.69, 9.17) is 14.2 Å². The molecule has 2 aliphatic heterocycles. The number of nitrogens with zero attached hydrogens (tertiary/aromatic N) is 1. The van der Waals surface area contributed by atoms with E-state index in [0.717, 1.165) is 19.3 Å². The Labute approximate surface area is 170 Å². The Morgan fingerprint density at radius 2 is 1.79 bits per heavy atom. The van der Waals surface area contributed by atoms with Gasteiger partial charge < -0.3 is 14.2 Å². The van der Waals surface area contributed by atoms with Crippen LogP contribution < -0.4 is 0 Å². The van der Waals surface area contributed by atoms with Gasteiger partial charge in [-0.1, -0.05) is 18.6 Å². The smallest absolute Gasteiger partial charge is 0.411 e. The highest BCUT2D eigenvalue weighted by Crippen LogP contribution is 2.46. The van der Waals surface area contributed by atoms with Crippen LogP contribution in [0.3, 0.4) is 0 Å². The van der Waals surface area contributed by atoms with Crippen LogP contribution in [-0.2, 0) is 14.2 Å². The van der Waals surface area contributed by atoms with Crippen molar-refractivity contribution in [1.82, 2.24) is 4.90 Å². The number of hydrogen-bond donors (Lipinski definition) is 0. The molecule has 5 heteroatoms. The van der Waals surface area contributed by atoms with Crippen LogP contribution in [0.1, 0.15) is 73.1 Å². The van der Waals surface area contributed by atoms with Crippen LogP contribution in [0.25, 0.3) is 0 Å². The van der Waals surface area contributed by atoms with Crippen molar-refractivity contribution in [3.05, 3.63) is 12.2 Å². The van der Waals surface area contributed by atoms with Gasteiger partial charge >= 0.3 is 6.09 Å². The average molecular weight is 394 g/mol. The minimum Gasteiger partial charge on any atom is -0.444 e. The maximum absolute atomic E-state index is 12.8. The van der Waals surface area contributed by atoms with E-state index >= 15 is 0 Å². The minimum atomic E-state index is -0.467. The van der Waals surface area contributed by atoms with E-state index in [1.807, 2.05) is 25.7 Å². The first-order chi connectivity index (χ1) is 13.2. The van der Waals surface area contributed by atoms with Crippen molar-refractivity contribution in [2.75, 3.05) is 7.11 Å². The molecule has 2 heterocycles. The predicted octanol–water partition coefficient (Wildman–Crippen LogP) is 5.14. The molecule has 0 bridgehead atoms. The topological polar surface area (TPSA) is 48.0 Å². The van der Waals surface area contributed by atoms with E-state index in [1.54, 1.807) is 7.11 Å². The second kappa shape index (κ2) is 8.74. The number of amides is 1. The molecule has 0 aromatic carbocycles. The largest absolute Gasteiger partial charge is 0.444 e. The fraction of sp³-hybridized carbons (Fsp3) is 0.870. The molecule has 3 fully saturated rings. The summed E-state index contributed by atoms with van der Waals surface area (Å²) >= 11 is 0. The zero-order chi connectivity index (χ0) is 20.5. The number of carbonyl (C=O) groups is 1. The highest BCUT2D eigenvalue weighted by molar-refractivity contribution is 5.69. The van der Waals surface area contributed by atoms with Crippen molar-refractivity contribution >= 4 is 6.09 Å². The first kappa shape index (κ1) is 21.6. The van der Waals surface area contributed by atoms with Crippen LogP contribution in [0, 0.1) is 17.8 Å². The Morgan fingerprint density at radius 1 is 1.07 bits per heavy atom. The molecule has 1 saturated carbocycles. The Bertz CT molecular complexity index is 569. The molecule has 0 aromatic heterocycles. The SMILES string of the molecule is COC1OC(C)C2C(/C=C/[C@H]3CCC[C@H](C)N3C(=O)OC(C)(C)C)CCCC12. The lowest BCUT2D eigenvalue weighted by atomic mass is 9.70. The second-order valence-corrected chi connectivity index (χ2v) is 9.90. The lowest BCUT2D eigenvalue weighted by Gasteiger charge is -2.40. The van der Waals surface area contributed by atoms with Crippen LogP contribution in [0.4, 0.5) is 4.79 Å². The third kappa shape index (κ3) is 4.73. The fourth-order valence-electron chi connectivity index (χ4n) is 5.48. The standard InChI is InChI=1S/C23H39NO4/c1-15-9-7-11-18(24(15)22(25)28-23(3,4)5)14-13-17-10-8-12-19-20(17)16(2)27-21(19)26-6/h13-21H,7-12H2,1-6H3/b14-13+/t15-,16?,17?,18+,19?,20?,21?/m0/s1. The molecule has 2 saturated heterocycles. The molecule has 0 N–H and O–H groups in total. The molecule has 3 aliphatic rings. The Kier molecular flexibility index (Phi) is 6.76. The first-order valence-electron chi connectivity index (χ1n) is 11.1. The van der Waals surface area contributed by atoms with Gasteiger partial charge in [-0.2, -0.15) is 0 Å². The maximum Gasteiger partial charge on any atom is 0.411 e. The number of likely N-dealkylation sites (tertiary alicyclic amines) is 1. The van der Waals surface area contributed by atoms with Gasteiger partial charge in [0.05, 0.1) is 12.1 Å². The number of ether oxygens (including phenoxy) is 3. The number of carbonyl (C=O) groups excluding carboxylic acids is 1. The lowest BCUT2D eigenvalue weighted by molar-refractivity contribution is -0.129. The summed E-state index contributed by atoms with van der Waals surface area (Å²) in [6.45, 7) is 10.1. The van der Waals surface area contributed by atoms with E-state index < -0.39 is 5.60 Å². The summed E-state index contributed by atoms with van der Waals surface area (Å²) < 4.78 is 17.4. The van der Waals surface area contributed by atoms with Gasteiger partial charge in [-0.3, -0.25) is 4.90 Å². The van der Waals surface area contributed by atoms with E-state index in [0.29, 0.717) is 17.8 Å². The molecule has 5 nitrogen and oxygen atoms in total. The van der Waals surface area contributed by atoms with Crippen LogP contribution in [0.2, 0.25) is 0 Å². The van der Waals surface area contributed by atoms with Gasteiger partial charge in [0.15, 0.2) is 6.29 Å². The number of rotatable bonds is 3. The second-order valence-electron chi connectivity index (χ2n) is 9.90. The molecular formula is C23H39NO4. The molecule has 0 aromatic rings. The summed E-state index contributed by atoms with van der Waals surface area (Å²) in [5, 5.41) is 0. The van der Waals surface area contributed by atoms with E-state index in [1.165, 1.54) is 19.3 Å². The molecular weight excluding hydrogens is 354 g/mol. The number of fused-ring (bicyclic) bond motifs is 1. The maximum atomic E-state index is 12.8. The molecule has 0 radical (unpaired) electrons. The van der Waals surface area contributed by atoms with Crippen molar-refractivity contribution in [2.24, 2.45) is 17.8 Å². The molecule has 0 spiro atoms. The van der Waals surface area contributed by atoms with Crippen LogP contribution in [-0.4, -0.2) is 48.2 Å². The highest BCUT2D eigenvalue weighted by atomic mass is 16.7. The third-order valence-corrected chi connectivity index (χ3v) is 6.68. The summed E-state index contributed by atoms with van der Waals surface area (Å²) in [6.07, 6.45) is 11.4. The molecule has 28 heavy (non-hydrogen) atoms. The number of allylic oxidation sites excluding steroid dienone is 1. The quantitative estimate of drug-likeness (QED) is 0.623. The zero-order valence-electron chi connectivity index (χ0n) is 18.5. The fourth-order valence-corrected chi connectivity index (χ4v) is 5.48. The molecule has 3 rings (SSSR count). The Morgan fingerprint density at radius 3 is 2.46 bits per heavy atom. The predicted molar refractivity (Wildman–Crippen MR) is 110 cm³/mol. The molecule has 5 unspecified atom stereocenters. The van der Waals surface area contributed by atoms with Gasteiger partial charge in [0, 0.05) is 19.1 Å². The Hall–Kier alpha value is -1.07. The highest BCUT2D eigenvalue weighted by Gasteiger charge is 2.47. The molecule has 160 valence electrons. The normalized spacial score (nSPS) is 39.2. The first-order valence-corrected chi connectivity index (χ1v) is 11.1. The number of piperidine rings is 1.